The van der Waals surface area contributed by atoms with Gasteiger partial charge in [-0.05, 0) is 53.7 Å². The molecule has 1 aromatic rings. The van der Waals surface area contributed by atoms with E-state index in [0.29, 0.717) is 22.0 Å². The van der Waals surface area contributed by atoms with Crippen molar-refractivity contribution in [2.45, 2.75) is 58.2 Å². The molecule has 0 saturated carbocycles. The molecule has 1 heterocycles. The zero-order valence-corrected chi connectivity index (χ0v) is 21.1. The lowest BCUT2D eigenvalue weighted by Crippen LogP contribution is -2.58. The van der Waals surface area contributed by atoms with Gasteiger partial charge in [0.05, 0.1) is 7.11 Å². The van der Waals surface area contributed by atoms with E-state index in [1.54, 1.807) is 6.08 Å². The van der Waals surface area contributed by atoms with Crippen molar-refractivity contribution in [2.75, 3.05) is 19.4 Å². The predicted octanol–water partition coefficient (Wildman–Crippen LogP) is 4.62. The molecule has 1 amide bonds. The minimum atomic E-state index is -4.71. The lowest BCUT2D eigenvalue weighted by molar-refractivity contribution is -0.132. The number of carbonyl (C=O) groups is 2. The summed E-state index contributed by atoms with van der Waals surface area (Å²) >= 11 is 1.25. The third-order valence-corrected chi connectivity index (χ3v) is 8.19. The molecule has 0 aromatic heterocycles. The number of methoxy groups -OCH3 is 1. The lowest BCUT2D eigenvalue weighted by Gasteiger charge is -2.42. The minimum absolute atomic E-state index is 0.0266. The highest BCUT2D eigenvalue weighted by Crippen LogP contribution is 2.44. The van der Waals surface area contributed by atoms with Crippen LogP contribution >= 0.6 is 11.8 Å². The van der Waals surface area contributed by atoms with Crippen molar-refractivity contribution in [1.82, 2.24) is 4.90 Å². The van der Waals surface area contributed by atoms with Crippen LogP contribution in [0.4, 0.5) is 4.79 Å². The fourth-order valence-electron chi connectivity index (χ4n) is 3.60. The van der Waals surface area contributed by atoms with Gasteiger partial charge in [0.1, 0.15) is 5.75 Å². The van der Waals surface area contributed by atoms with Crippen LogP contribution in [0.3, 0.4) is 0 Å². The Morgan fingerprint density at radius 1 is 1.19 bits per heavy atom. The van der Waals surface area contributed by atoms with E-state index >= 15 is 0 Å². The normalized spacial score (nSPS) is 20.7. The van der Waals surface area contributed by atoms with Crippen molar-refractivity contribution >= 4 is 40.0 Å². The minimum Gasteiger partial charge on any atom is -0.453 e. The zero-order chi connectivity index (χ0) is 24.4. The molecule has 1 aliphatic rings. The monoisotopic (exact) mass is 485 g/mol. The number of hydrogen-bond acceptors (Lipinski definition) is 7. The van der Waals surface area contributed by atoms with Crippen molar-refractivity contribution < 1.29 is 32.0 Å². The highest BCUT2D eigenvalue weighted by Gasteiger charge is 2.52. The van der Waals surface area contributed by atoms with E-state index in [-0.39, 0.29) is 18.4 Å². The maximum absolute atomic E-state index is 12.5. The molecule has 0 bridgehead atoms. The van der Waals surface area contributed by atoms with Crippen molar-refractivity contribution in [3.8, 4) is 5.75 Å². The molecule has 1 unspecified atom stereocenters. The molecule has 1 saturated heterocycles. The van der Waals surface area contributed by atoms with Crippen molar-refractivity contribution in [3.05, 3.63) is 33.7 Å². The molecule has 10 heteroatoms. The number of benzene rings is 1. The van der Waals surface area contributed by atoms with Gasteiger partial charge in [-0.15, -0.1) is 11.8 Å². The van der Waals surface area contributed by atoms with E-state index in [4.69, 9.17) is 9.47 Å². The summed E-state index contributed by atoms with van der Waals surface area (Å²) in [4.78, 5) is 23.3. The molecule has 1 aliphatic heterocycles. The first-order chi connectivity index (χ1) is 14.7. The van der Waals surface area contributed by atoms with Crippen LogP contribution in [0.15, 0.2) is 17.0 Å². The molecular weight excluding hydrogens is 454 g/mol. The van der Waals surface area contributed by atoms with Gasteiger partial charge < -0.3 is 9.47 Å². The molecule has 178 valence electrons. The van der Waals surface area contributed by atoms with Gasteiger partial charge in [0.2, 0.25) is 4.87 Å². The van der Waals surface area contributed by atoms with Crippen LogP contribution in [-0.2, 0) is 19.6 Å². The van der Waals surface area contributed by atoms with Gasteiger partial charge in [-0.3, -0.25) is 14.2 Å². The molecule has 32 heavy (non-hydrogen) atoms. The van der Waals surface area contributed by atoms with Crippen molar-refractivity contribution in [1.29, 1.82) is 0 Å². The van der Waals surface area contributed by atoms with Crippen LogP contribution in [0.25, 0.3) is 6.08 Å². The third kappa shape index (κ3) is 5.13. The number of ether oxygens (including phenoxy) is 2. The second-order valence-corrected chi connectivity index (χ2v) is 11.3. The first-order valence-electron chi connectivity index (χ1n) is 10.3. The summed E-state index contributed by atoms with van der Waals surface area (Å²) < 4.78 is 45.3. The van der Waals surface area contributed by atoms with E-state index in [0.717, 1.165) is 23.1 Å². The Morgan fingerprint density at radius 2 is 1.72 bits per heavy atom. The fourth-order valence-corrected chi connectivity index (χ4v) is 5.94. The topological polar surface area (TPSA) is 110 Å². The fraction of sp³-hybridized carbons (Fsp3) is 0.545. The molecule has 1 N–H and O–H groups in total. The zero-order valence-electron chi connectivity index (χ0n) is 19.5. The Kier molecular flexibility index (Phi) is 8.06. The molecular formula is C22H31NO7S2. The first kappa shape index (κ1) is 26.2. The maximum atomic E-state index is 12.5. The lowest BCUT2D eigenvalue weighted by atomic mass is 9.91. The Morgan fingerprint density at radius 3 is 2.12 bits per heavy atom. The molecule has 0 aliphatic carbocycles. The molecule has 8 nitrogen and oxygen atoms in total. The molecule has 1 atom stereocenters. The smallest absolute Gasteiger partial charge is 0.411 e. The van der Waals surface area contributed by atoms with Crippen LogP contribution in [0.2, 0.25) is 0 Å². The molecule has 1 fully saturated rings. The van der Waals surface area contributed by atoms with Crippen molar-refractivity contribution in [3.63, 3.8) is 0 Å². The van der Waals surface area contributed by atoms with E-state index in [1.165, 1.54) is 25.6 Å². The number of amides is 1. The Labute approximate surface area is 194 Å². The molecule has 1 aromatic carbocycles. The summed E-state index contributed by atoms with van der Waals surface area (Å²) in [5.74, 6) is 0.577. The summed E-state index contributed by atoms with van der Waals surface area (Å²) in [6.45, 7) is 10.6. The predicted molar refractivity (Wildman–Crippen MR) is 125 cm³/mol. The third-order valence-electron chi connectivity index (χ3n) is 5.40. The second kappa shape index (κ2) is 9.84. The molecule has 0 spiro atoms. The largest absolute Gasteiger partial charge is 0.453 e. The highest BCUT2D eigenvalue weighted by atomic mass is 32.2. The van der Waals surface area contributed by atoms with Gasteiger partial charge >= 0.3 is 12.1 Å². The summed E-state index contributed by atoms with van der Waals surface area (Å²) in [5.41, 5.74) is 2.28. The number of hydrogen-bond donors (Lipinski definition) is 1. The molecule has 2 rings (SSSR count). The van der Waals surface area contributed by atoms with E-state index in [1.807, 2.05) is 39.8 Å². The van der Waals surface area contributed by atoms with Gasteiger partial charge in [0, 0.05) is 24.1 Å². The van der Waals surface area contributed by atoms with Gasteiger partial charge in [0.15, 0.2) is 0 Å². The average molecular weight is 486 g/mol. The summed E-state index contributed by atoms with van der Waals surface area (Å²) in [6, 6.07) is 3.67. The van der Waals surface area contributed by atoms with Crippen molar-refractivity contribution in [2.24, 2.45) is 0 Å². The van der Waals surface area contributed by atoms with Crippen LogP contribution in [-0.4, -0.2) is 54.2 Å². The Bertz CT molecular complexity index is 1000. The van der Waals surface area contributed by atoms with Crippen LogP contribution in [0.5, 0.6) is 5.75 Å². The van der Waals surface area contributed by atoms with Gasteiger partial charge in [-0.25, -0.2) is 4.79 Å². The Hall–Kier alpha value is -2.04. The standard InChI is InChI=1S/C22H31NO7S2/c1-13(2)17-10-16(11-18(14(3)4)20(17)30-15(5)24)12-19-22(6,32(26,27)28)23(8-9-31-19)21(25)29-7/h10-14H,8-9H2,1-7H3,(H,26,27,28). The summed E-state index contributed by atoms with van der Waals surface area (Å²) in [6.07, 6.45) is 0.815. The van der Waals surface area contributed by atoms with E-state index in [2.05, 4.69) is 0 Å². The van der Waals surface area contributed by atoms with E-state index in [9.17, 15) is 22.6 Å². The van der Waals surface area contributed by atoms with Crippen LogP contribution < -0.4 is 4.74 Å². The average Bonchev–Trinajstić information content (AvgIpc) is 2.68. The van der Waals surface area contributed by atoms with Gasteiger partial charge in [0.25, 0.3) is 10.1 Å². The number of rotatable bonds is 5. The van der Waals surface area contributed by atoms with E-state index < -0.39 is 27.1 Å². The Balaban J connectivity index is 2.77. The van der Waals surface area contributed by atoms with Crippen LogP contribution in [0.1, 0.15) is 70.1 Å². The number of carbonyl (C=O) groups excluding carboxylic acids is 2. The first-order valence-corrected chi connectivity index (χ1v) is 12.7. The van der Waals surface area contributed by atoms with Gasteiger partial charge in [-0.2, -0.15) is 8.42 Å². The van der Waals surface area contributed by atoms with Crippen LogP contribution in [0, 0.1) is 0 Å². The number of esters is 1. The quantitative estimate of drug-likeness (QED) is 0.365. The molecule has 0 radical (unpaired) electrons. The maximum Gasteiger partial charge on any atom is 0.411 e. The number of nitrogens with zero attached hydrogens (tertiary/aromatic N) is 1. The SMILES string of the molecule is COC(=O)N1CCSC(=Cc2cc(C(C)C)c(OC(C)=O)c(C(C)C)c2)C1(C)S(=O)(=O)O. The summed E-state index contributed by atoms with van der Waals surface area (Å²) in [7, 11) is -3.55. The second-order valence-electron chi connectivity index (χ2n) is 8.37. The summed E-state index contributed by atoms with van der Waals surface area (Å²) in [5, 5.41) is 0. The highest BCUT2D eigenvalue weighted by molar-refractivity contribution is 8.04. The number of thioether (sulfide) groups is 1. The van der Waals surface area contributed by atoms with Gasteiger partial charge in [-0.1, -0.05) is 27.7 Å².